The molecule has 4 nitrogen and oxygen atoms in total. The standard InChI is InChI=1S/C14H29NO3/c1-11(2)17-9-7-8-15-10-12(3)13(16)18-14(4,5)6/h11-12,15H,7-10H2,1-6H3. The number of esters is 1. The van der Waals surface area contributed by atoms with Crippen LogP contribution in [0.2, 0.25) is 0 Å². The van der Waals surface area contributed by atoms with Crippen molar-refractivity contribution < 1.29 is 14.3 Å². The highest BCUT2D eigenvalue weighted by Gasteiger charge is 2.21. The van der Waals surface area contributed by atoms with Gasteiger partial charge in [-0.2, -0.15) is 0 Å². The van der Waals surface area contributed by atoms with Gasteiger partial charge in [0.15, 0.2) is 0 Å². The number of carbonyl (C=O) groups excluding carboxylic acids is 1. The van der Waals surface area contributed by atoms with Gasteiger partial charge < -0.3 is 14.8 Å². The number of hydrogen-bond acceptors (Lipinski definition) is 4. The van der Waals surface area contributed by atoms with E-state index in [-0.39, 0.29) is 18.0 Å². The molecule has 0 rings (SSSR count). The maximum absolute atomic E-state index is 11.7. The van der Waals surface area contributed by atoms with Crippen LogP contribution in [0.4, 0.5) is 0 Å². The van der Waals surface area contributed by atoms with Crippen LogP contribution in [-0.4, -0.2) is 37.4 Å². The minimum absolute atomic E-state index is 0.116. The Morgan fingerprint density at radius 3 is 2.33 bits per heavy atom. The first kappa shape index (κ1) is 17.4. The number of nitrogens with one attached hydrogen (secondary N) is 1. The molecule has 0 aromatic heterocycles. The highest BCUT2D eigenvalue weighted by molar-refractivity contribution is 5.72. The number of carbonyl (C=O) groups is 1. The van der Waals surface area contributed by atoms with E-state index in [4.69, 9.17) is 9.47 Å². The van der Waals surface area contributed by atoms with Crippen LogP contribution in [0.3, 0.4) is 0 Å². The van der Waals surface area contributed by atoms with E-state index in [0.717, 1.165) is 19.6 Å². The van der Waals surface area contributed by atoms with Crippen LogP contribution in [0.15, 0.2) is 0 Å². The van der Waals surface area contributed by atoms with E-state index in [1.807, 2.05) is 41.5 Å². The minimum atomic E-state index is -0.406. The molecular weight excluding hydrogens is 230 g/mol. The summed E-state index contributed by atoms with van der Waals surface area (Å²) in [6.45, 7) is 13.8. The molecule has 1 N–H and O–H groups in total. The van der Waals surface area contributed by atoms with E-state index >= 15 is 0 Å². The monoisotopic (exact) mass is 259 g/mol. The van der Waals surface area contributed by atoms with Gasteiger partial charge in [0.1, 0.15) is 5.60 Å². The Labute approximate surface area is 111 Å². The lowest BCUT2D eigenvalue weighted by molar-refractivity contribution is -0.159. The van der Waals surface area contributed by atoms with E-state index in [0.29, 0.717) is 6.54 Å². The Kier molecular flexibility index (Phi) is 8.20. The molecule has 1 atom stereocenters. The van der Waals surface area contributed by atoms with Crippen molar-refractivity contribution in [3.05, 3.63) is 0 Å². The average molecular weight is 259 g/mol. The second kappa shape index (κ2) is 8.48. The lowest BCUT2D eigenvalue weighted by Gasteiger charge is -2.22. The SMILES string of the molecule is CC(C)OCCCNCC(C)C(=O)OC(C)(C)C. The molecule has 18 heavy (non-hydrogen) atoms. The quantitative estimate of drug-likeness (QED) is 0.537. The third-order valence-electron chi connectivity index (χ3n) is 2.21. The van der Waals surface area contributed by atoms with Crippen LogP contribution in [0.5, 0.6) is 0 Å². The van der Waals surface area contributed by atoms with Crippen LogP contribution in [0, 0.1) is 5.92 Å². The zero-order chi connectivity index (χ0) is 14.2. The van der Waals surface area contributed by atoms with Gasteiger partial charge in [0.05, 0.1) is 12.0 Å². The van der Waals surface area contributed by atoms with Gasteiger partial charge >= 0.3 is 5.97 Å². The third kappa shape index (κ3) is 10.5. The van der Waals surface area contributed by atoms with E-state index in [1.54, 1.807) is 0 Å². The molecule has 0 aromatic rings. The van der Waals surface area contributed by atoms with Crippen molar-refractivity contribution in [2.45, 2.75) is 59.7 Å². The van der Waals surface area contributed by atoms with Gasteiger partial charge in [-0.05, 0) is 47.6 Å². The lowest BCUT2D eigenvalue weighted by atomic mass is 10.1. The predicted molar refractivity (Wildman–Crippen MR) is 73.6 cm³/mol. The van der Waals surface area contributed by atoms with Crippen molar-refractivity contribution in [3.8, 4) is 0 Å². The van der Waals surface area contributed by atoms with Gasteiger partial charge in [0, 0.05) is 13.2 Å². The second-order valence-electron chi connectivity index (χ2n) is 5.91. The minimum Gasteiger partial charge on any atom is -0.460 e. The van der Waals surface area contributed by atoms with Gasteiger partial charge in [-0.25, -0.2) is 0 Å². The van der Waals surface area contributed by atoms with Gasteiger partial charge in [-0.3, -0.25) is 4.79 Å². The molecule has 0 aliphatic carbocycles. The molecule has 0 fully saturated rings. The fourth-order valence-electron chi connectivity index (χ4n) is 1.32. The first-order chi connectivity index (χ1) is 8.22. The Bertz CT molecular complexity index is 234. The van der Waals surface area contributed by atoms with Crippen LogP contribution >= 0.6 is 0 Å². The Morgan fingerprint density at radius 2 is 1.83 bits per heavy atom. The summed E-state index contributed by atoms with van der Waals surface area (Å²) in [4.78, 5) is 11.7. The fraction of sp³-hybridized carbons (Fsp3) is 0.929. The number of hydrogen-bond donors (Lipinski definition) is 1. The number of ether oxygens (including phenoxy) is 2. The summed E-state index contributed by atoms with van der Waals surface area (Å²) in [5.74, 6) is -0.260. The van der Waals surface area contributed by atoms with E-state index in [2.05, 4.69) is 5.32 Å². The van der Waals surface area contributed by atoms with E-state index in [9.17, 15) is 4.79 Å². The summed E-state index contributed by atoms with van der Waals surface area (Å²) >= 11 is 0. The van der Waals surface area contributed by atoms with Crippen LogP contribution in [0.25, 0.3) is 0 Å². The van der Waals surface area contributed by atoms with Crippen LogP contribution in [-0.2, 0) is 14.3 Å². The topological polar surface area (TPSA) is 47.6 Å². The van der Waals surface area contributed by atoms with Crippen LogP contribution < -0.4 is 5.32 Å². The highest BCUT2D eigenvalue weighted by atomic mass is 16.6. The largest absolute Gasteiger partial charge is 0.460 e. The van der Waals surface area contributed by atoms with Gasteiger partial charge in [0.25, 0.3) is 0 Å². The summed E-state index contributed by atoms with van der Waals surface area (Å²) in [6, 6.07) is 0. The molecule has 1 unspecified atom stereocenters. The Morgan fingerprint density at radius 1 is 1.22 bits per heavy atom. The normalized spacial score (nSPS) is 13.7. The van der Waals surface area contributed by atoms with Crippen molar-refractivity contribution in [2.75, 3.05) is 19.7 Å². The van der Waals surface area contributed by atoms with Crippen molar-refractivity contribution in [1.29, 1.82) is 0 Å². The molecular formula is C14H29NO3. The summed E-state index contributed by atoms with van der Waals surface area (Å²) in [5, 5.41) is 3.24. The highest BCUT2D eigenvalue weighted by Crippen LogP contribution is 2.10. The van der Waals surface area contributed by atoms with Gasteiger partial charge in [-0.15, -0.1) is 0 Å². The zero-order valence-electron chi connectivity index (χ0n) is 12.7. The van der Waals surface area contributed by atoms with Crippen molar-refractivity contribution in [1.82, 2.24) is 5.32 Å². The third-order valence-corrected chi connectivity index (χ3v) is 2.21. The summed E-state index contributed by atoms with van der Waals surface area (Å²) in [5.41, 5.74) is -0.406. The smallest absolute Gasteiger partial charge is 0.310 e. The van der Waals surface area contributed by atoms with Crippen molar-refractivity contribution in [3.63, 3.8) is 0 Å². The Balaban J connectivity index is 3.58. The van der Waals surface area contributed by atoms with E-state index < -0.39 is 5.60 Å². The van der Waals surface area contributed by atoms with Crippen molar-refractivity contribution in [2.24, 2.45) is 5.92 Å². The van der Waals surface area contributed by atoms with Gasteiger partial charge in [0.2, 0.25) is 0 Å². The zero-order valence-corrected chi connectivity index (χ0v) is 12.7. The first-order valence-corrected chi connectivity index (χ1v) is 6.77. The van der Waals surface area contributed by atoms with Crippen molar-refractivity contribution >= 4 is 5.97 Å². The summed E-state index contributed by atoms with van der Waals surface area (Å²) in [6.07, 6.45) is 1.24. The molecule has 4 heteroatoms. The molecule has 0 aliphatic heterocycles. The average Bonchev–Trinajstić information content (AvgIpc) is 2.19. The van der Waals surface area contributed by atoms with E-state index in [1.165, 1.54) is 0 Å². The fourth-order valence-corrected chi connectivity index (χ4v) is 1.32. The lowest BCUT2D eigenvalue weighted by Crippen LogP contribution is -2.33. The summed E-state index contributed by atoms with van der Waals surface area (Å²) in [7, 11) is 0. The molecule has 0 radical (unpaired) electrons. The first-order valence-electron chi connectivity index (χ1n) is 6.77. The molecule has 0 amide bonds. The van der Waals surface area contributed by atoms with Crippen LogP contribution in [0.1, 0.15) is 48.0 Å². The molecule has 0 aromatic carbocycles. The summed E-state index contributed by atoms with van der Waals surface area (Å²) < 4.78 is 10.7. The number of rotatable bonds is 8. The Hall–Kier alpha value is -0.610. The molecule has 0 bridgehead atoms. The molecule has 0 saturated heterocycles. The molecule has 0 spiro atoms. The second-order valence-corrected chi connectivity index (χ2v) is 5.91. The predicted octanol–water partition coefficient (Wildman–Crippen LogP) is 2.37. The molecule has 0 heterocycles. The molecule has 0 saturated carbocycles. The van der Waals surface area contributed by atoms with Gasteiger partial charge in [-0.1, -0.05) is 6.92 Å². The molecule has 108 valence electrons. The maximum atomic E-state index is 11.7. The molecule has 0 aliphatic rings. The maximum Gasteiger partial charge on any atom is 0.310 e.